The fourth-order valence-electron chi connectivity index (χ4n) is 1.27. The third-order valence-electron chi connectivity index (χ3n) is 2.11. The number of halogens is 1. The lowest BCUT2D eigenvalue weighted by molar-refractivity contribution is -0.140. The van der Waals surface area contributed by atoms with Crippen molar-refractivity contribution in [1.82, 2.24) is 4.72 Å². The van der Waals surface area contributed by atoms with Gasteiger partial charge in [0.1, 0.15) is 6.04 Å². The molecule has 1 aromatic carbocycles. The molecule has 0 radical (unpaired) electrons. The summed E-state index contributed by atoms with van der Waals surface area (Å²) in [5.74, 6) is -2.43. The van der Waals surface area contributed by atoms with Crippen molar-refractivity contribution >= 4 is 33.5 Å². The number of amides is 1. The quantitative estimate of drug-likeness (QED) is 0.679. The van der Waals surface area contributed by atoms with Crippen LogP contribution < -0.4 is 10.5 Å². The van der Waals surface area contributed by atoms with Gasteiger partial charge >= 0.3 is 5.97 Å². The fraction of sp³-hybridized carbons (Fsp3) is 0.200. The van der Waals surface area contributed by atoms with Crippen LogP contribution in [0.5, 0.6) is 0 Å². The van der Waals surface area contributed by atoms with E-state index < -0.39 is 34.4 Å². The third kappa shape index (κ3) is 4.51. The smallest absolute Gasteiger partial charge is 0.322 e. The van der Waals surface area contributed by atoms with E-state index in [4.69, 9.17) is 22.4 Å². The molecule has 0 bridgehead atoms. The minimum absolute atomic E-state index is 0.185. The van der Waals surface area contributed by atoms with Gasteiger partial charge in [-0.15, -0.1) is 0 Å². The summed E-state index contributed by atoms with van der Waals surface area (Å²) < 4.78 is 25.7. The molecule has 0 aliphatic heterocycles. The molecule has 1 amide bonds. The summed E-state index contributed by atoms with van der Waals surface area (Å²) in [6.45, 7) is 0. The summed E-state index contributed by atoms with van der Waals surface area (Å²) in [6, 6.07) is 3.66. The Kier molecular flexibility index (Phi) is 4.87. The van der Waals surface area contributed by atoms with E-state index >= 15 is 0 Å². The zero-order valence-electron chi connectivity index (χ0n) is 9.54. The van der Waals surface area contributed by atoms with Crippen molar-refractivity contribution in [3.63, 3.8) is 0 Å². The standard InChI is InChI=1S/C10H11ClN2O5S/c11-6-2-1-3-7(4-6)19(17,18)13-8(10(15)16)5-9(12)14/h1-4,8,13H,5H2,(H2,12,14)(H,15,16)/t8-/m0/s1. The second kappa shape index (κ2) is 6.00. The summed E-state index contributed by atoms with van der Waals surface area (Å²) in [5.41, 5.74) is 4.85. The third-order valence-corrected chi connectivity index (χ3v) is 3.81. The molecule has 0 saturated carbocycles. The number of hydrogen-bond acceptors (Lipinski definition) is 4. The summed E-state index contributed by atoms with van der Waals surface area (Å²) in [7, 11) is -4.10. The SMILES string of the molecule is NC(=O)C[C@H](NS(=O)(=O)c1cccc(Cl)c1)C(=O)O. The van der Waals surface area contributed by atoms with E-state index in [1.54, 1.807) is 0 Å². The Hall–Kier alpha value is -1.64. The van der Waals surface area contributed by atoms with Crippen molar-refractivity contribution in [2.24, 2.45) is 5.73 Å². The maximum Gasteiger partial charge on any atom is 0.322 e. The van der Waals surface area contributed by atoms with Gasteiger partial charge in [-0.2, -0.15) is 4.72 Å². The molecule has 19 heavy (non-hydrogen) atoms. The summed E-state index contributed by atoms with van der Waals surface area (Å²) >= 11 is 5.65. The number of aliphatic carboxylic acids is 1. The van der Waals surface area contributed by atoms with Crippen molar-refractivity contribution in [2.75, 3.05) is 0 Å². The van der Waals surface area contributed by atoms with E-state index in [1.807, 2.05) is 4.72 Å². The Balaban J connectivity index is 3.00. The van der Waals surface area contributed by atoms with E-state index in [-0.39, 0.29) is 9.92 Å². The minimum atomic E-state index is -4.10. The van der Waals surface area contributed by atoms with Crippen molar-refractivity contribution in [3.8, 4) is 0 Å². The molecule has 1 rings (SSSR count). The van der Waals surface area contributed by atoms with E-state index in [0.29, 0.717) is 0 Å². The lowest BCUT2D eigenvalue weighted by Crippen LogP contribution is -2.43. The van der Waals surface area contributed by atoms with Crippen LogP contribution in [0.25, 0.3) is 0 Å². The first-order valence-corrected chi connectivity index (χ1v) is 6.87. The fourth-order valence-corrected chi connectivity index (χ4v) is 2.76. The second-order valence-electron chi connectivity index (χ2n) is 3.64. The van der Waals surface area contributed by atoms with Crippen LogP contribution >= 0.6 is 11.6 Å². The molecule has 1 aromatic rings. The highest BCUT2D eigenvalue weighted by atomic mass is 35.5. The molecule has 9 heteroatoms. The van der Waals surface area contributed by atoms with Gasteiger partial charge in [0, 0.05) is 5.02 Å². The van der Waals surface area contributed by atoms with Gasteiger partial charge in [0.2, 0.25) is 15.9 Å². The number of carbonyl (C=O) groups excluding carboxylic acids is 1. The van der Waals surface area contributed by atoms with E-state index in [2.05, 4.69) is 0 Å². The topological polar surface area (TPSA) is 127 Å². The number of rotatable bonds is 6. The molecule has 1 atom stereocenters. The summed E-state index contributed by atoms with van der Waals surface area (Å²) in [4.78, 5) is 21.3. The highest BCUT2D eigenvalue weighted by molar-refractivity contribution is 7.89. The van der Waals surface area contributed by atoms with Crippen LogP contribution in [0.1, 0.15) is 6.42 Å². The zero-order valence-corrected chi connectivity index (χ0v) is 11.1. The first kappa shape index (κ1) is 15.4. The van der Waals surface area contributed by atoms with Gasteiger partial charge in [0.05, 0.1) is 11.3 Å². The number of sulfonamides is 1. The van der Waals surface area contributed by atoms with Crippen LogP contribution in [0.15, 0.2) is 29.2 Å². The predicted octanol–water partition coefficient (Wildman–Crippen LogP) is -0.0531. The molecule has 0 saturated heterocycles. The van der Waals surface area contributed by atoms with Crippen molar-refractivity contribution < 1.29 is 23.1 Å². The van der Waals surface area contributed by atoms with Crippen molar-refractivity contribution in [3.05, 3.63) is 29.3 Å². The molecular weight excluding hydrogens is 296 g/mol. The minimum Gasteiger partial charge on any atom is -0.480 e. The molecule has 4 N–H and O–H groups in total. The van der Waals surface area contributed by atoms with Crippen LogP contribution in [0.2, 0.25) is 5.02 Å². The predicted molar refractivity (Wildman–Crippen MR) is 67.0 cm³/mol. The van der Waals surface area contributed by atoms with E-state index in [9.17, 15) is 18.0 Å². The van der Waals surface area contributed by atoms with Gasteiger partial charge in [-0.3, -0.25) is 9.59 Å². The molecule has 0 aliphatic carbocycles. The van der Waals surface area contributed by atoms with Crippen LogP contribution in [0, 0.1) is 0 Å². The molecule has 0 unspecified atom stereocenters. The Morgan fingerprint density at radius 3 is 2.53 bits per heavy atom. The van der Waals surface area contributed by atoms with Crippen molar-refractivity contribution in [2.45, 2.75) is 17.4 Å². The van der Waals surface area contributed by atoms with E-state index in [0.717, 1.165) is 6.07 Å². The molecule has 0 aliphatic rings. The second-order valence-corrected chi connectivity index (χ2v) is 5.79. The Labute approximate surface area is 114 Å². The molecule has 0 aromatic heterocycles. The first-order valence-electron chi connectivity index (χ1n) is 5.01. The lowest BCUT2D eigenvalue weighted by atomic mass is 10.2. The number of nitrogens with one attached hydrogen (secondary N) is 1. The number of primary amides is 1. The molecular formula is C10H11ClN2O5S. The maximum atomic E-state index is 11.9. The van der Waals surface area contributed by atoms with Gasteiger partial charge in [-0.1, -0.05) is 17.7 Å². The Morgan fingerprint density at radius 2 is 2.05 bits per heavy atom. The summed E-state index contributed by atoms with van der Waals surface area (Å²) in [5, 5.41) is 9.01. The monoisotopic (exact) mass is 306 g/mol. The molecule has 7 nitrogen and oxygen atoms in total. The zero-order chi connectivity index (χ0) is 14.6. The highest BCUT2D eigenvalue weighted by Crippen LogP contribution is 2.15. The van der Waals surface area contributed by atoms with E-state index in [1.165, 1.54) is 18.2 Å². The lowest BCUT2D eigenvalue weighted by Gasteiger charge is -2.13. The van der Waals surface area contributed by atoms with Gasteiger partial charge < -0.3 is 10.8 Å². The van der Waals surface area contributed by atoms with Crippen LogP contribution in [0.3, 0.4) is 0 Å². The van der Waals surface area contributed by atoms with Crippen LogP contribution in [-0.4, -0.2) is 31.4 Å². The van der Waals surface area contributed by atoms with Gasteiger partial charge in [0.25, 0.3) is 0 Å². The molecule has 104 valence electrons. The van der Waals surface area contributed by atoms with Crippen LogP contribution in [0.4, 0.5) is 0 Å². The maximum absolute atomic E-state index is 11.9. The average Bonchev–Trinajstić information content (AvgIpc) is 2.27. The van der Waals surface area contributed by atoms with Crippen molar-refractivity contribution in [1.29, 1.82) is 0 Å². The molecule has 0 spiro atoms. The van der Waals surface area contributed by atoms with Crippen LogP contribution in [-0.2, 0) is 19.6 Å². The number of benzene rings is 1. The van der Waals surface area contributed by atoms with Gasteiger partial charge in [-0.05, 0) is 18.2 Å². The largest absolute Gasteiger partial charge is 0.480 e. The average molecular weight is 307 g/mol. The number of nitrogens with two attached hydrogens (primary N) is 1. The number of carboxylic acid groups (broad SMARTS) is 1. The summed E-state index contributed by atoms with van der Waals surface area (Å²) in [6.07, 6.45) is -0.644. The molecule has 0 fully saturated rings. The number of carboxylic acids is 1. The Bertz CT molecular complexity index is 602. The van der Waals surface area contributed by atoms with Gasteiger partial charge in [-0.25, -0.2) is 8.42 Å². The number of hydrogen-bond donors (Lipinski definition) is 3. The normalized spacial score (nSPS) is 12.9. The highest BCUT2D eigenvalue weighted by Gasteiger charge is 2.26. The molecule has 0 heterocycles. The van der Waals surface area contributed by atoms with Gasteiger partial charge in [0.15, 0.2) is 0 Å². The first-order chi connectivity index (χ1) is 8.72. The number of carbonyl (C=O) groups is 2. The Morgan fingerprint density at radius 1 is 1.42 bits per heavy atom.